The van der Waals surface area contributed by atoms with Crippen molar-refractivity contribution in [2.45, 2.75) is 148 Å². The second-order valence-electron chi connectivity index (χ2n) is 20.1. The molecule has 356 valence electrons. The zero-order chi connectivity index (χ0) is 47.8. The predicted molar refractivity (Wildman–Crippen MR) is 270 cm³/mol. The van der Waals surface area contributed by atoms with Crippen LogP contribution in [0.15, 0.2) is 109 Å². The summed E-state index contributed by atoms with van der Waals surface area (Å²) in [6.45, 7) is 23.7. The number of aliphatic hydroxyl groups excluding tert-OH is 2. The number of anilines is 1. The number of rotatable bonds is 2. The van der Waals surface area contributed by atoms with Crippen LogP contribution in [0, 0.1) is 0 Å². The first-order valence-corrected chi connectivity index (χ1v) is 24.2. The molecule has 8 nitrogen and oxygen atoms in total. The second kappa shape index (κ2) is 22.1. The molecule has 5 heterocycles. The molecule has 5 aromatic carbocycles. The van der Waals surface area contributed by atoms with Gasteiger partial charge < -0.3 is 38.8 Å². The smallest absolute Gasteiger partial charge is 0.123 e. The number of aryl methyl sites for hydroxylation is 1. The lowest BCUT2D eigenvalue weighted by atomic mass is 9.85. The lowest BCUT2D eigenvalue weighted by molar-refractivity contribution is 0.0713. The Labute approximate surface area is 396 Å². The Morgan fingerprint density at radius 2 is 1.09 bits per heavy atom. The van der Waals surface area contributed by atoms with Gasteiger partial charge in [0.2, 0.25) is 0 Å². The third-order valence-corrected chi connectivity index (χ3v) is 13.7. The monoisotopic (exact) mass is 900 g/mol. The topological polar surface area (TPSA) is 89.9 Å². The molecule has 5 aliphatic heterocycles. The average molecular weight is 900 g/mol. The highest BCUT2D eigenvalue weighted by atomic mass is 16.5. The van der Waals surface area contributed by atoms with E-state index in [2.05, 4.69) is 116 Å². The number of benzene rings is 5. The minimum atomic E-state index is -0.361. The van der Waals surface area contributed by atoms with Crippen LogP contribution in [-0.4, -0.2) is 67.5 Å². The van der Waals surface area contributed by atoms with Crippen LogP contribution in [0.1, 0.15) is 151 Å². The first kappa shape index (κ1) is 50.2. The molecule has 2 N–H and O–H groups in total. The Bertz CT molecular complexity index is 2250. The highest BCUT2D eigenvalue weighted by Crippen LogP contribution is 2.43. The Kier molecular flexibility index (Phi) is 16.8. The maximum Gasteiger partial charge on any atom is 0.123 e. The van der Waals surface area contributed by atoms with Crippen LogP contribution in [0.3, 0.4) is 0 Å². The zero-order valence-corrected chi connectivity index (χ0v) is 41.8. The predicted octanol–water partition coefficient (Wildman–Crippen LogP) is 13.0. The van der Waals surface area contributed by atoms with Crippen LogP contribution in [0.2, 0.25) is 0 Å². The number of ether oxygens (including phenoxy) is 5. The van der Waals surface area contributed by atoms with Crippen molar-refractivity contribution in [2.24, 2.45) is 0 Å². The van der Waals surface area contributed by atoms with Gasteiger partial charge in [-0.25, -0.2) is 0 Å². The van der Waals surface area contributed by atoms with Gasteiger partial charge in [0.15, 0.2) is 0 Å². The van der Waals surface area contributed by atoms with Crippen molar-refractivity contribution < 1.29 is 33.9 Å². The SMILES string of the molecule is CC1CCN(C)c2ccccc21.CC1c2ccccc2OC[C@@H]1O.CC1c2ccccc2OC[C@H]1O.CCc1ccc2c(c1)OC(C)(C)CC2C.COc1ccc2c(c1)C(C)CC(C)(C)O2. The molecule has 66 heavy (non-hydrogen) atoms. The molecule has 8 heteroatoms. The average Bonchev–Trinajstić information content (AvgIpc) is 3.30. The van der Waals surface area contributed by atoms with Gasteiger partial charge in [0, 0.05) is 36.7 Å². The number of aliphatic hydroxyl groups is 2. The molecule has 0 aromatic heterocycles. The van der Waals surface area contributed by atoms with E-state index in [1.807, 2.05) is 74.5 Å². The quantitative estimate of drug-likeness (QED) is 0.181. The van der Waals surface area contributed by atoms with Gasteiger partial charge in [0.25, 0.3) is 0 Å². The molecular weight excluding hydrogens is 823 g/mol. The van der Waals surface area contributed by atoms with E-state index in [1.54, 1.807) is 7.11 Å². The van der Waals surface area contributed by atoms with E-state index in [0.29, 0.717) is 25.0 Å². The summed E-state index contributed by atoms with van der Waals surface area (Å²) < 4.78 is 27.9. The fourth-order valence-electron chi connectivity index (χ4n) is 9.74. The fourth-order valence-corrected chi connectivity index (χ4v) is 9.74. The summed E-state index contributed by atoms with van der Waals surface area (Å²) in [6.07, 6.45) is 3.79. The molecule has 0 radical (unpaired) electrons. The molecule has 0 saturated carbocycles. The van der Waals surface area contributed by atoms with Crippen LogP contribution in [-0.2, 0) is 6.42 Å². The normalized spacial score (nSPS) is 24.5. The number of methoxy groups -OCH3 is 1. The van der Waals surface area contributed by atoms with E-state index in [9.17, 15) is 10.2 Å². The van der Waals surface area contributed by atoms with Crippen LogP contribution in [0.4, 0.5) is 5.69 Å². The molecule has 0 aliphatic carbocycles. The Balaban J connectivity index is 0.000000137. The van der Waals surface area contributed by atoms with E-state index < -0.39 is 0 Å². The van der Waals surface area contributed by atoms with Crippen molar-refractivity contribution in [1.29, 1.82) is 0 Å². The minimum Gasteiger partial charge on any atom is -0.497 e. The number of para-hydroxylation sites is 3. The van der Waals surface area contributed by atoms with Gasteiger partial charge in [-0.15, -0.1) is 0 Å². The third-order valence-electron chi connectivity index (χ3n) is 13.7. The third kappa shape index (κ3) is 12.6. The lowest BCUT2D eigenvalue weighted by Gasteiger charge is -2.36. The molecule has 0 spiro atoms. The van der Waals surface area contributed by atoms with E-state index in [-0.39, 0.29) is 35.2 Å². The maximum absolute atomic E-state index is 9.50. The maximum atomic E-state index is 9.50. The van der Waals surface area contributed by atoms with Crippen LogP contribution >= 0.6 is 0 Å². The van der Waals surface area contributed by atoms with Gasteiger partial charge >= 0.3 is 0 Å². The van der Waals surface area contributed by atoms with Gasteiger partial charge in [-0.2, -0.15) is 0 Å². The van der Waals surface area contributed by atoms with Crippen LogP contribution in [0.5, 0.6) is 28.7 Å². The van der Waals surface area contributed by atoms with E-state index in [4.69, 9.17) is 23.7 Å². The molecule has 5 aliphatic rings. The highest BCUT2D eigenvalue weighted by Gasteiger charge is 2.33. The summed E-state index contributed by atoms with van der Waals surface area (Å²) in [5, 5.41) is 19.0. The summed E-state index contributed by atoms with van der Waals surface area (Å²) in [5.74, 6) is 7.07. The second-order valence-corrected chi connectivity index (χ2v) is 20.1. The molecule has 0 amide bonds. The minimum absolute atomic E-state index is 0.0151. The first-order valence-electron chi connectivity index (χ1n) is 24.2. The highest BCUT2D eigenvalue weighted by molar-refractivity contribution is 5.56. The van der Waals surface area contributed by atoms with E-state index in [0.717, 1.165) is 65.1 Å². The molecule has 0 fully saturated rings. The van der Waals surface area contributed by atoms with Crippen molar-refractivity contribution in [2.75, 3.05) is 38.8 Å². The summed E-state index contributed by atoms with van der Waals surface area (Å²) in [6, 6.07) is 37.1. The molecule has 5 unspecified atom stereocenters. The number of fused-ring (bicyclic) bond motifs is 5. The van der Waals surface area contributed by atoms with Gasteiger partial charge in [-0.05, 0) is 141 Å². The largest absolute Gasteiger partial charge is 0.497 e. The van der Waals surface area contributed by atoms with Crippen molar-refractivity contribution in [3.8, 4) is 28.7 Å². The molecule has 5 aromatic rings. The molecule has 0 saturated heterocycles. The van der Waals surface area contributed by atoms with Gasteiger partial charge in [0.1, 0.15) is 53.2 Å². The van der Waals surface area contributed by atoms with Crippen molar-refractivity contribution in [1.82, 2.24) is 0 Å². The van der Waals surface area contributed by atoms with Crippen molar-refractivity contribution in [3.05, 3.63) is 143 Å². The first-order chi connectivity index (χ1) is 31.4. The van der Waals surface area contributed by atoms with Gasteiger partial charge in [0.05, 0.1) is 19.3 Å². The van der Waals surface area contributed by atoms with Crippen LogP contribution < -0.4 is 28.6 Å². The molecule has 0 bridgehead atoms. The molecular formula is C58H77NO7. The Morgan fingerprint density at radius 3 is 1.64 bits per heavy atom. The van der Waals surface area contributed by atoms with Crippen molar-refractivity contribution >= 4 is 5.69 Å². The van der Waals surface area contributed by atoms with Crippen molar-refractivity contribution in [3.63, 3.8) is 0 Å². The molecule has 10 rings (SSSR count). The summed E-state index contributed by atoms with van der Waals surface area (Å²) in [7, 11) is 3.87. The zero-order valence-electron chi connectivity index (χ0n) is 41.8. The number of hydrogen-bond donors (Lipinski definition) is 2. The Morgan fingerprint density at radius 1 is 0.576 bits per heavy atom. The summed E-state index contributed by atoms with van der Waals surface area (Å²) in [5.41, 5.74) is 9.05. The van der Waals surface area contributed by atoms with Gasteiger partial charge in [-0.1, -0.05) is 108 Å². The van der Waals surface area contributed by atoms with Crippen LogP contribution in [0.25, 0.3) is 0 Å². The standard InChI is InChI=1S/C14H20O.C13H18O2.C11H15N.2C10H12O2/c1-5-11-6-7-12-10(2)9-14(3,4)15-13(12)8-11;1-9-8-13(2,3)15-12-6-5-10(14-4)7-11(9)12;1-9-7-8-12(2)11-6-4-3-5-10(9)11;2*1-7-8-4-2-3-5-10(8)12-6-9(7)11/h6-8,10H,5,9H2,1-4H3;5-7,9H,8H2,1-4H3;3-6,9H,7-8H2,1-2H3;2*2-5,7,9,11H,6H2,1H3/t;;;2*7?,9-/m...10/s1. The molecule has 7 atom stereocenters. The number of hydrogen-bond acceptors (Lipinski definition) is 8. The summed E-state index contributed by atoms with van der Waals surface area (Å²) >= 11 is 0. The Hall–Kier alpha value is -5.18. The van der Waals surface area contributed by atoms with E-state index in [1.165, 1.54) is 40.9 Å². The van der Waals surface area contributed by atoms with Gasteiger partial charge in [-0.3, -0.25) is 0 Å². The fraction of sp³-hybridized carbons (Fsp3) is 0.483. The summed E-state index contributed by atoms with van der Waals surface area (Å²) in [4.78, 5) is 2.34. The number of nitrogens with zero attached hydrogens (tertiary/aromatic N) is 1. The van der Waals surface area contributed by atoms with E-state index >= 15 is 0 Å². The lowest BCUT2D eigenvalue weighted by Crippen LogP contribution is -2.34.